The van der Waals surface area contributed by atoms with Crippen LogP contribution >= 0.6 is 0 Å². The smallest absolute Gasteiger partial charge is 0.254 e. The van der Waals surface area contributed by atoms with Crippen molar-refractivity contribution in [3.05, 3.63) is 29.8 Å². The van der Waals surface area contributed by atoms with Gasteiger partial charge in [-0.2, -0.15) is 0 Å². The van der Waals surface area contributed by atoms with Crippen molar-refractivity contribution in [3.63, 3.8) is 0 Å². The number of benzene rings is 1. The summed E-state index contributed by atoms with van der Waals surface area (Å²) in [6.45, 7) is 5.33. The summed E-state index contributed by atoms with van der Waals surface area (Å²) in [4.78, 5) is 26.5. The van der Waals surface area contributed by atoms with Crippen molar-refractivity contribution in [3.8, 4) is 0 Å². The number of nitrogens with zero attached hydrogens (tertiary/aromatic N) is 2. The highest BCUT2D eigenvalue weighted by Gasteiger charge is 2.49. The molecule has 0 unspecified atom stereocenters. The predicted octanol–water partition coefficient (Wildman–Crippen LogP) is 0.862. The second-order valence-corrected chi connectivity index (χ2v) is 8.48. The molecule has 0 saturated carbocycles. The van der Waals surface area contributed by atoms with Crippen LogP contribution in [-0.4, -0.2) is 57.2 Å². The van der Waals surface area contributed by atoms with E-state index >= 15 is 0 Å². The van der Waals surface area contributed by atoms with Gasteiger partial charge in [0.25, 0.3) is 5.91 Å². The third-order valence-corrected chi connectivity index (χ3v) is 6.25. The lowest BCUT2D eigenvalue weighted by Crippen LogP contribution is -2.40. The Labute approximate surface area is 141 Å². The van der Waals surface area contributed by atoms with Crippen molar-refractivity contribution < 1.29 is 22.7 Å². The SMILES string of the molecule is CC1(C)CS(=O)(=O)N(c2ccc(C(=O)N3CCOCC3)cc2)C1=O. The minimum Gasteiger partial charge on any atom is -0.378 e. The molecule has 0 aliphatic carbocycles. The predicted molar refractivity (Wildman–Crippen MR) is 88.2 cm³/mol. The molecule has 130 valence electrons. The molecule has 24 heavy (non-hydrogen) atoms. The molecule has 0 spiro atoms. The van der Waals surface area contributed by atoms with E-state index in [-0.39, 0.29) is 17.3 Å². The summed E-state index contributed by atoms with van der Waals surface area (Å²) in [5.41, 5.74) is -0.214. The molecule has 2 aliphatic heterocycles. The van der Waals surface area contributed by atoms with Crippen LogP contribution in [-0.2, 0) is 19.6 Å². The lowest BCUT2D eigenvalue weighted by Gasteiger charge is -2.27. The van der Waals surface area contributed by atoms with E-state index in [1.165, 1.54) is 12.1 Å². The maximum absolute atomic E-state index is 12.4. The lowest BCUT2D eigenvalue weighted by molar-refractivity contribution is -0.123. The zero-order valence-corrected chi connectivity index (χ0v) is 14.5. The van der Waals surface area contributed by atoms with Crippen LogP contribution in [0.25, 0.3) is 0 Å². The number of carbonyl (C=O) groups excluding carboxylic acids is 2. The average Bonchev–Trinajstić information content (AvgIpc) is 2.71. The number of hydrogen-bond acceptors (Lipinski definition) is 5. The molecule has 0 atom stereocenters. The van der Waals surface area contributed by atoms with Crippen LogP contribution in [0.1, 0.15) is 24.2 Å². The van der Waals surface area contributed by atoms with E-state index in [2.05, 4.69) is 0 Å². The normalized spacial score (nSPS) is 22.7. The molecule has 8 heteroatoms. The zero-order chi connectivity index (χ0) is 17.5. The van der Waals surface area contributed by atoms with Gasteiger partial charge in [0.1, 0.15) is 0 Å². The third kappa shape index (κ3) is 2.91. The summed E-state index contributed by atoms with van der Waals surface area (Å²) in [5.74, 6) is -0.789. The number of rotatable bonds is 2. The number of amides is 2. The van der Waals surface area contributed by atoms with E-state index in [4.69, 9.17) is 4.74 Å². The number of sulfonamides is 1. The Morgan fingerprint density at radius 1 is 1.12 bits per heavy atom. The highest BCUT2D eigenvalue weighted by Crippen LogP contribution is 2.35. The van der Waals surface area contributed by atoms with Crippen LogP contribution in [0.15, 0.2) is 24.3 Å². The third-order valence-electron chi connectivity index (χ3n) is 4.23. The molecule has 1 aromatic rings. The highest BCUT2D eigenvalue weighted by atomic mass is 32.2. The lowest BCUT2D eigenvalue weighted by atomic mass is 9.95. The minimum absolute atomic E-state index is 0.124. The van der Waals surface area contributed by atoms with Crippen LogP contribution < -0.4 is 4.31 Å². The Morgan fingerprint density at radius 3 is 2.21 bits per heavy atom. The van der Waals surface area contributed by atoms with Crippen molar-refractivity contribution in [2.45, 2.75) is 13.8 Å². The zero-order valence-electron chi connectivity index (χ0n) is 13.7. The molecule has 0 aromatic heterocycles. The van der Waals surface area contributed by atoms with Crippen LogP contribution in [0, 0.1) is 5.41 Å². The molecule has 1 aromatic carbocycles. The highest BCUT2D eigenvalue weighted by molar-refractivity contribution is 7.94. The molecule has 0 N–H and O–H groups in total. The van der Waals surface area contributed by atoms with Crippen molar-refractivity contribution >= 4 is 27.5 Å². The number of ether oxygens (including phenoxy) is 1. The fraction of sp³-hybridized carbons (Fsp3) is 0.500. The Kier molecular flexibility index (Phi) is 4.13. The van der Waals surface area contributed by atoms with Gasteiger partial charge in [0.15, 0.2) is 0 Å². The first kappa shape index (κ1) is 16.9. The van der Waals surface area contributed by atoms with Crippen LogP contribution in [0.2, 0.25) is 0 Å². The van der Waals surface area contributed by atoms with E-state index < -0.39 is 21.3 Å². The largest absolute Gasteiger partial charge is 0.378 e. The summed E-state index contributed by atoms with van der Waals surface area (Å²) in [7, 11) is -3.68. The van der Waals surface area contributed by atoms with Gasteiger partial charge in [-0.3, -0.25) is 9.59 Å². The van der Waals surface area contributed by atoms with E-state index in [0.717, 1.165) is 4.31 Å². The summed E-state index contributed by atoms with van der Waals surface area (Å²) >= 11 is 0. The maximum atomic E-state index is 12.4. The van der Waals surface area contributed by atoms with E-state index in [1.54, 1.807) is 30.9 Å². The molecule has 0 bridgehead atoms. The topological polar surface area (TPSA) is 84.0 Å². The monoisotopic (exact) mass is 352 g/mol. The molecule has 2 amide bonds. The van der Waals surface area contributed by atoms with Crippen molar-refractivity contribution in [2.24, 2.45) is 5.41 Å². The van der Waals surface area contributed by atoms with Crippen LogP contribution in [0.5, 0.6) is 0 Å². The summed E-state index contributed by atoms with van der Waals surface area (Å²) in [5, 5.41) is 0. The molecular formula is C16H20N2O5S. The van der Waals surface area contributed by atoms with Gasteiger partial charge >= 0.3 is 0 Å². The fourth-order valence-electron chi connectivity index (χ4n) is 2.95. The summed E-state index contributed by atoms with van der Waals surface area (Å²) < 4.78 is 30.6. The van der Waals surface area contributed by atoms with Gasteiger partial charge in [-0.05, 0) is 38.1 Å². The van der Waals surface area contributed by atoms with E-state index in [0.29, 0.717) is 31.9 Å². The van der Waals surface area contributed by atoms with Crippen molar-refractivity contribution in [1.29, 1.82) is 0 Å². The van der Waals surface area contributed by atoms with Gasteiger partial charge < -0.3 is 9.64 Å². The quantitative estimate of drug-likeness (QED) is 0.788. The first-order valence-electron chi connectivity index (χ1n) is 7.77. The molecule has 0 radical (unpaired) electrons. The molecule has 2 heterocycles. The first-order chi connectivity index (χ1) is 11.2. The minimum atomic E-state index is -3.68. The Hall–Kier alpha value is -1.93. The summed E-state index contributed by atoms with van der Waals surface area (Å²) in [6, 6.07) is 6.12. The van der Waals surface area contributed by atoms with Gasteiger partial charge in [-0.15, -0.1) is 0 Å². The fourth-order valence-corrected chi connectivity index (χ4v) is 5.06. The molecule has 2 fully saturated rings. The molecule has 7 nitrogen and oxygen atoms in total. The van der Waals surface area contributed by atoms with E-state index in [1.807, 2.05) is 0 Å². The standard InChI is InChI=1S/C16H20N2O5S/c1-16(2)11-24(21,22)18(15(16)20)13-5-3-12(4-6-13)14(19)17-7-9-23-10-8-17/h3-6H,7-11H2,1-2H3. The van der Waals surface area contributed by atoms with Crippen LogP contribution in [0.3, 0.4) is 0 Å². The molecule has 2 saturated heterocycles. The summed E-state index contributed by atoms with van der Waals surface area (Å²) in [6.07, 6.45) is 0. The van der Waals surface area contributed by atoms with E-state index in [9.17, 15) is 18.0 Å². The molecule has 3 rings (SSSR count). The molecule has 2 aliphatic rings. The maximum Gasteiger partial charge on any atom is 0.254 e. The van der Waals surface area contributed by atoms with Gasteiger partial charge in [0.05, 0.1) is 30.1 Å². The Morgan fingerprint density at radius 2 is 1.71 bits per heavy atom. The van der Waals surface area contributed by atoms with Gasteiger partial charge in [-0.25, -0.2) is 12.7 Å². The van der Waals surface area contributed by atoms with Gasteiger partial charge in [0, 0.05) is 18.7 Å². The van der Waals surface area contributed by atoms with Crippen LogP contribution in [0.4, 0.5) is 5.69 Å². The second kappa shape index (κ2) is 5.86. The number of anilines is 1. The van der Waals surface area contributed by atoms with Gasteiger partial charge in [0.2, 0.25) is 15.9 Å². The van der Waals surface area contributed by atoms with Crippen molar-refractivity contribution in [2.75, 3.05) is 36.4 Å². The number of carbonyl (C=O) groups is 2. The second-order valence-electron chi connectivity index (χ2n) is 6.66. The average molecular weight is 352 g/mol. The number of morpholine rings is 1. The first-order valence-corrected chi connectivity index (χ1v) is 9.38. The van der Waals surface area contributed by atoms with Gasteiger partial charge in [-0.1, -0.05) is 0 Å². The Bertz CT molecular complexity index is 764. The number of hydrogen-bond donors (Lipinski definition) is 0. The Balaban J connectivity index is 1.84. The van der Waals surface area contributed by atoms with Crippen molar-refractivity contribution in [1.82, 2.24) is 4.90 Å². The molecular weight excluding hydrogens is 332 g/mol.